The topological polar surface area (TPSA) is 45.5 Å². The monoisotopic (exact) mass is 290 g/mol. The minimum atomic E-state index is -0.0803. The lowest BCUT2D eigenvalue weighted by Gasteiger charge is -2.20. The molecule has 1 rings (SSSR count). The molecule has 1 aromatic carbocycles. The van der Waals surface area contributed by atoms with Crippen molar-refractivity contribution in [2.45, 2.75) is 39.5 Å². The third-order valence-electron chi connectivity index (χ3n) is 3.22. The molecule has 4 heteroatoms. The van der Waals surface area contributed by atoms with Crippen molar-refractivity contribution >= 4 is 0 Å². The Morgan fingerprint density at radius 1 is 1.14 bits per heavy atom. The van der Waals surface area contributed by atoms with Gasteiger partial charge in [-0.05, 0) is 58.0 Å². The van der Waals surface area contributed by atoms with Crippen LogP contribution in [0.2, 0.25) is 0 Å². The van der Waals surface area contributed by atoms with Crippen LogP contribution in [0.5, 0.6) is 0 Å². The first kappa shape index (κ1) is 17.6. The molecule has 0 saturated carbocycles. The van der Waals surface area contributed by atoms with E-state index >= 15 is 0 Å². The number of nitrogens with zero attached hydrogens (tertiary/aromatic N) is 2. The fourth-order valence-corrected chi connectivity index (χ4v) is 2.19. The molecule has 0 unspecified atom stereocenters. The molecule has 0 saturated heterocycles. The molecule has 0 radical (unpaired) electrons. The zero-order valence-electron chi connectivity index (χ0n) is 13.3. The van der Waals surface area contributed by atoms with E-state index in [0.717, 1.165) is 25.9 Å². The van der Waals surface area contributed by atoms with E-state index in [1.807, 2.05) is 38.1 Å². The molecular formula is C17H26N2O2. The summed E-state index contributed by atoms with van der Waals surface area (Å²) in [5, 5.41) is 8.78. The summed E-state index contributed by atoms with van der Waals surface area (Å²) in [4.78, 5) is 2.27. The quantitative estimate of drug-likeness (QED) is 0.621. The SMILES string of the molecule is CCOC(CCCN(C)Cc1ccc(C#N)cc1)OCC. The molecule has 1 aromatic rings. The molecule has 0 atom stereocenters. The Balaban J connectivity index is 2.29. The summed E-state index contributed by atoms with van der Waals surface area (Å²) in [6.07, 6.45) is 1.87. The van der Waals surface area contributed by atoms with E-state index in [1.54, 1.807) is 0 Å². The molecule has 0 spiro atoms. The van der Waals surface area contributed by atoms with Crippen molar-refractivity contribution in [2.75, 3.05) is 26.8 Å². The van der Waals surface area contributed by atoms with E-state index in [2.05, 4.69) is 18.0 Å². The van der Waals surface area contributed by atoms with E-state index in [9.17, 15) is 0 Å². The van der Waals surface area contributed by atoms with E-state index in [-0.39, 0.29) is 6.29 Å². The van der Waals surface area contributed by atoms with E-state index in [4.69, 9.17) is 14.7 Å². The van der Waals surface area contributed by atoms with Gasteiger partial charge in [-0.3, -0.25) is 0 Å². The normalized spacial score (nSPS) is 11.0. The average molecular weight is 290 g/mol. The third kappa shape index (κ3) is 7.24. The lowest BCUT2D eigenvalue weighted by molar-refractivity contribution is -0.140. The maximum Gasteiger partial charge on any atom is 0.157 e. The number of nitriles is 1. The number of benzene rings is 1. The van der Waals surface area contributed by atoms with Crippen molar-refractivity contribution in [2.24, 2.45) is 0 Å². The Hall–Kier alpha value is -1.41. The molecule has 0 fully saturated rings. The summed E-state index contributed by atoms with van der Waals surface area (Å²) >= 11 is 0. The van der Waals surface area contributed by atoms with Gasteiger partial charge in [-0.2, -0.15) is 5.26 Å². The predicted molar refractivity (Wildman–Crippen MR) is 83.8 cm³/mol. The highest BCUT2D eigenvalue weighted by Gasteiger charge is 2.08. The summed E-state index contributed by atoms with van der Waals surface area (Å²) in [6.45, 7) is 7.24. The second-order valence-electron chi connectivity index (χ2n) is 5.03. The van der Waals surface area contributed by atoms with Crippen LogP contribution in [-0.2, 0) is 16.0 Å². The molecule has 21 heavy (non-hydrogen) atoms. The fraction of sp³-hybridized carbons (Fsp3) is 0.588. The highest BCUT2D eigenvalue weighted by atomic mass is 16.7. The molecule has 0 aliphatic rings. The van der Waals surface area contributed by atoms with Crippen molar-refractivity contribution < 1.29 is 9.47 Å². The maximum absolute atomic E-state index is 8.78. The third-order valence-corrected chi connectivity index (χ3v) is 3.22. The first-order valence-corrected chi connectivity index (χ1v) is 7.60. The van der Waals surface area contributed by atoms with Gasteiger partial charge in [0.05, 0.1) is 11.6 Å². The molecule has 0 aliphatic heterocycles. The van der Waals surface area contributed by atoms with Crippen molar-refractivity contribution in [3.8, 4) is 6.07 Å². The predicted octanol–water partition coefficient (Wildman–Crippen LogP) is 3.17. The van der Waals surface area contributed by atoms with Crippen molar-refractivity contribution in [1.82, 2.24) is 4.90 Å². The smallest absolute Gasteiger partial charge is 0.157 e. The first-order valence-electron chi connectivity index (χ1n) is 7.60. The summed E-state index contributed by atoms with van der Waals surface area (Å²) in [5.74, 6) is 0. The van der Waals surface area contributed by atoms with Gasteiger partial charge in [0.1, 0.15) is 0 Å². The van der Waals surface area contributed by atoms with Gasteiger partial charge >= 0.3 is 0 Å². The van der Waals surface area contributed by atoms with Crippen molar-refractivity contribution in [1.29, 1.82) is 5.26 Å². The van der Waals surface area contributed by atoms with Gasteiger partial charge in [0, 0.05) is 19.8 Å². The first-order chi connectivity index (χ1) is 10.2. The van der Waals surface area contributed by atoms with Gasteiger partial charge < -0.3 is 14.4 Å². The Morgan fingerprint density at radius 2 is 1.76 bits per heavy atom. The van der Waals surface area contributed by atoms with Gasteiger partial charge in [-0.15, -0.1) is 0 Å². The summed E-state index contributed by atoms with van der Waals surface area (Å²) in [5.41, 5.74) is 1.93. The van der Waals surface area contributed by atoms with Crippen LogP contribution >= 0.6 is 0 Å². The van der Waals surface area contributed by atoms with Crippen LogP contribution in [-0.4, -0.2) is 38.0 Å². The minimum absolute atomic E-state index is 0.0803. The molecule has 0 amide bonds. The highest BCUT2D eigenvalue weighted by Crippen LogP contribution is 2.09. The number of hydrogen-bond acceptors (Lipinski definition) is 4. The number of ether oxygens (including phenoxy) is 2. The van der Waals surface area contributed by atoms with Gasteiger partial charge in [0.2, 0.25) is 0 Å². The molecule has 0 bridgehead atoms. The van der Waals surface area contributed by atoms with Crippen LogP contribution < -0.4 is 0 Å². The Morgan fingerprint density at radius 3 is 2.29 bits per heavy atom. The Bertz CT molecular complexity index is 419. The van der Waals surface area contributed by atoms with Crippen LogP contribution in [0.1, 0.15) is 37.8 Å². The largest absolute Gasteiger partial charge is 0.353 e. The van der Waals surface area contributed by atoms with Crippen molar-refractivity contribution in [3.63, 3.8) is 0 Å². The zero-order chi connectivity index (χ0) is 15.5. The van der Waals surface area contributed by atoms with Crippen LogP contribution in [0.4, 0.5) is 0 Å². The molecule has 0 aliphatic carbocycles. The highest BCUT2D eigenvalue weighted by molar-refractivity contribution is 5.31. The second kappa shape index (κ2) is 10.3. The lowest BCUT2D eigenvalue weighted by atomic mass is 10.1. The van der Waals surface area contributed by atoms with Crippen LogP contribution in [0.15, 0.2) is 24.3 Å². The van der Waals surface area contributed by atoms with Crippen molar-refractivity contribution in [3.05, 3.63) is 35.4 Å². The molecule has 0 aromatic heterocycles. The van der Waals surface area contributed by atoms with Crippen LogP contribution in [0.3, 0.4) is 0 Å². The average Bonchev–Trinajstić information content (AvgIpc) is 2.48. The standard InChI is InChI=1S/C17H26N2O2/c1-4-20-17(21-5-2)7-6-12-19(3)14-16-10-8-15(13-18)9-11-16/h8-11,17H,4-7,12,14H2,1-3H3. The van der Waals surface area contributed by atoms with Gasteiger partial charge in [-0.25, -0.2) is 0 Å². The Kier molecular flexibility index (Phi) is 8.68. The zero-order valence-corrected chi connectivity index (χ0v) is 13.3. The van der Waals surface area contributed by atoms with Crippen LogP contribution in [0.25, 0.3) is 0 Å². The maximum atomic E-state index is 8.78. The van der Waals surface area contributed by atoms with Gasteiger partial charge in [0.15, 0.2) is 6.29 Å². The van der Waals surface area contributed by atoms with E-state index in [0.29, 0.717) is 18.8 Å². The number of rotatable bonds is 10. The molecule has 4 nitrogen and oxygen atoms in total. The molecule has 0 heterocycles. The summed E-state index contributed by atoms with van der Waals surface area (Å²) in [6, 6.07) is 9.89. The fourth-order valence-electron chi connectivity index (χ4n) is 2.19. The number of hydrogen-bond donors (Lipinski definition) is 0. The van der Waals surface area contributed by atoms with E-state index in [1.165, 1.54) is 5.56 Å². The second-order valence-corrected chi connectivity index (χ2v) is 5.03. The van der Waals surface area contributed by atoms with Gasteiger partial charge in [-0.1, -0.05) is 12.1 Å². The Labute approximate surface area is 128 Å². The minimum Gasteiger partial charge on any atom is -0.353 e. The van der Waals surface area contributed by atoms with Gasteiger partial charge in [0.25, 0.3) is 0 Å². The summed E-state index contributed by atoms with van der Waals surface area (Å²) in [7, 11) is 2.11. The molecule has 0 N–H and O–H groups in total. The lowest BCUT2D eigenvalue weighted by Crippen LogP contribution is -2.23. The van der Waals surface area contributed by atoms with E-state index < -0.39 is 0 Å². The molecular weight excluding hydrogens is 264 g/mol. The molecule has 116 valence electrons. The summed E-state index contributed by atoms with van der Waals surface area (Å²) < 4.78 is 11.1. The van der Waals surface area contributed by atoms with Crippen LogP contribution in [0, 0.1) is 11.3 Å².